The molecule has 166 valence electrons. The van der Waals surface area contributed by atoms with E-state index in [0.29, 0.717) is 43.3 Å². The maximum atomic E-state index is 12.8. The van der Waals surface area contributed by atoms with Gasteiger partial charge in [0, 0.05) is 31.6 Å². The Labute approximate surface area is 190 Å². The zero-order chi connectivity index (χ0) is 22.4. The maximum Gasteiger partial charge on any atom is 0.244 e. The summed E-state index contributed by atoms with van der Waals surface area (Å²) in [6.45, 7) is 4.17. The van der Waals surface area contributed by atoms with E-state index in [9.17, 15) is 13.2 Å². The Morgan fingerprint density at radius 2 is 2.03 bits per heavy atom. The first-order valence-corrected chi connectivity index (χ1v) is 12.5. The molecule has 0 fully saturated rings. The molecule has 31 heavy (non-hydrogen) atoms. The third kappa shape index (κ3) is 5.70. The van der Waals surface area contributed by atoms with Gasteiger partial charge >= 0.3 is 0 Å². The zero-order valence-electron chi connectivity index (χ0n) is 17.2. The van der Waals surface area contributed by atoms with Crippen LogP contribution in [0.25, 0.3) is 10.7 Å². The van der Waals surface area contributed by atoms with Crippen molar-refractivity contribution in [3.63, 3.8) is 0 Å². The lowest BCUT2D eigenvalue weighted by atomic mass is 10.2. The van der Waals surface area contributed by atoms with Crippen molar-refractivity contribution in [1.82, 2.24) is 14.4 Å². The van der Waals surface area contributed by atoms with Crippen LogP contribution < -0.4 is 5.32 Å². The summed E-state index contributed by atoms with van der Waals surface area (Å²) in [7, 11) is -3.74. The topological polar surface area (TPSA) is 105 Å². The van der Waals surface area contributed by atoms with Gasteiger partial charge in [-0.3, -0.25) is 4.79 Å². The predicted molar refractivity (Wildman–Crippen MR) is 121 cm³/mol. The number of aromatic nitrogens is 2. The van der Waals surface area contributed by atoms with Crippen LogP contribution in [-0.4, -0.2) is 41.9 Å². The average molecular weight is 483 g/mol. The smallest absolute Gasteiger partial charge is 0.244 e. The van der Waals surface area contributed by atoms with E-state index < -0.39 is 10.0 Å². The standard InChI is InChI=1S/C20H23ClN4O4S2/c1-3-25(4-2)31(27,28)17-13-14(10-11-15(17)21)22-18(26)8-5-9-19-23-20(24-29-19)16-7-6-12-30-16/h6-7,10-13H,3-5,8-9H2,1-2H3,(H,22,26). The molecule has 11 heteroatoms. The molecule has 1 aromatic carbocycles. The molecule has 0 saturated carbocycles. The molecule has 0 radical (unpaired) electrons. The highest BCUT2D eigenvalue weighted by atomic mass is 35.5. The van der Waals surface area contributed by atoms with Crippen LogP contribution in [0.15, 0.2) is 45.1 Å². The quantitative estimate of drug-likeness (QED) is 0.457. The number of hydrogen-bond acceptors (Lipinski definition) is 7. The first kappa shape index (κ1) is 23.4. The summed E-state index contributed by atoms with van der Waals surface area (Å²) >= 11 is 7.65. The minimum atomic E-state index is -3.74. The van der Waals surface area contributed by atoms with E-state index in [1.807, 2.05) is 17.5 Å². The van der Waals surface area contributed by atoms with Crippen molar-refractivity contribution in [3.05, 3.63) is 46.6 Å². The summed E-state index contributed by atoms with van der Waals surface area (Å²) in [5.41, 5.74) is 0.373. The monoisotopic (exact) mass is 482 g/mol. The van der Waals surface area contributed by atoms with Crippen molar-refractivity contribution < 1.29 is 17.7 Å². The van der Waals surface area contributed by atoms with Crippen LogP contribution in [0.2, 0.25) is 5.02 Å². The molecule has 0 atom stereocenters. The first-order chi connectivity index (χ1) is 14.8. The number of hydrogen-bond donors (Lipinski definition) is 1. The molecule has 0 saturated heterocycles. The number of aryl methyl sites for hydroxylation is 1. The molecular formula is C20H23ClN4O4S2. The molecule has 1 amide bonds. The fourth-order valence-electron chi connectivity index (χ4n) is 2.97. The number of thiophene rings is 1. The van der Waals surface area contributed by atoms with E-state index in [2.05, 4.69) is 15.5 Å². The number of amides is 1. The van der Waals surface area contributed by atoms with Gasteiger partial charge in [0.15, 0.2) is 0 Å². The Balaban J connectivity index is 1.58. The van der Waals surface area contributed by atoms with Gasteiger partial charge in [-0.15, -0.1) is 11.3 Å². The van der Waals surface area contributed by atoms with Gasteiger partial charge in [0.25, 0.3) is 0 Å². The maximum absolute atomic E-state index is 12.8. The van der Waals surface area contributed by atoms with Gasteiger partial charge in [-0.2, -0.15) is 9.29 Å². The Hall–Kier alpha value is -2.27. The molecule has 3 aromatic rings. The number of carbonyl (C=O) groups excluding carboxylic acids is 1. The Kier molecular flexibility index (Phi) is 7.82. The summed E-state index contributed by atoms with van der Waals surface area (Å²) in [4.78, 5) is 17.5. The molecule has 8 nitrogen and oxygen atoms in total. The van der Waals surface area contributed by atoms with E-state index in [1.54, 1.807) is 19.9 Å². The average Bonchev–Trinajstić information content (AvgIpc) is 3.42. The van der Waals surface area contributed by atoms with Crippen molar-refractivity contribution in [2.75, 3.05) is 18.4 Å². The summed E-state index contributed by atoms with van der Waals surface area (Å²) in [6.07, 6.45) is 1.20. The second-order valence-corrected chi connectivity index (χ2v) is 9.89. The van der Waals surface area contributed by atoms with Crippen LogP contribution in [0.3, 0.4) is 0 Å². The number of sulfonamides is 1. The van der Waals surface area contributed by atoms with E-state index in [4.69, 9.17) is 16.1 Å². The van der Waals surface area contributed by atoms with Crippen molar-refractivity contribution in [2.24, 2.45) is 0 Å². The molecule has 0 unspecified atom stereocenters. The fraction of sp³-hybridized carbons (Fsp3) is 0.350. The van der Waals surface area contributed by atoms with Crippen LogP contribution >= 0.6 is 22.9 Å². The third-order valence-corrected chi connectivity index (χ3v) is 7.94. The van der Waals surface area contributed by atoms with Gasteiger partial charge in [0.05, 0.1) is 9.90 Å². The van der Waals surface area contributed by atoms with Crippen LogP contribution in [0.1, 0.15) is 32.6 Å². The van der Waals surface area contributed by atoms with Crippen LogP contribution in [-0.2, 0) is 21.2 Å². The molecule has 0 bridgehead atoms. The third-order valence-electron chi connectivity index (χ3n) is 4.54. The lowest BCUT2D eigenvalue weighted by Crippen LogP contribution is -2.30. The molecule has 0 aliphatic rings. The van der Waals surface area contributed by atoms with Crippen molar-refractivity contribution in [2.45, 2.75) is 38.0 Å². The molecule has 0 aliphatic heterocycles. The first-order valence-electron chi connectivity index (χ1n) is 9.81. The predicted octanol–water partition coefficient (Wildman–Crippen LogP) is 4.44. The van der Waals surface area contributed by atoms with Gasteiger partial charge < -0.3 is 9.84 Å². The molecular weight excluding hydrogens is 460 g/mol. The Bertz CT molecular complexity index is 1130. The molecule has 0 spiro atoms. The van der Waals surface area contributed by atoms with Crippen LogP contribution in [0.5, 0.6) is 0 Å². The second kappa shape index (κ2) is 10.4. The van der Waals surface area contributed by atoms with Gasteiger partial charge in [0.1, 0.15) is 4.90 Å². The summed E-state index contributed by atoms with van der Waals surface area (Å²) in [5.74, 6) is 0.763. The lowest BCUT2D eigenvalue weighted by molar-refractivity contribution is -0.116. The number of nitrogens with zero attached hydrogens (tertiary/aromatic N) is 3. The van der Waals surface area contributed by atoms with E-state index >= 15 is 0 Å². The Morgan fingerprint density at radius 3 is 2.71 bits per heavy atom. The number of halogens is 1. The van der Waals surface area contributed by atoms with E-state index in [-0.39, 0.29) is 22.2 Å². The molecule has 2 aromatic heterocycles. The number of rotatable bonds is 10. The molecule has 0 aliphatic carbocycles. The minimum absolute atomic E-state index is 0.0253. The van der Waals surface area contributed by atoms with Gasteiger partial charge in [-0.25, -0.2) is 8.42 Å². The van der Waals surface area contributed by atoms with Crippen LogP contribution in [0.4, 0.5) is 5.69 Å². The lowest BCUT2D eigenvalue weighted by Gasteiger charge is -2.19. The summed E-state index contributed by atoms with van der Waals surface area (Å²) in [5, 5.41) is 8.72. The van der Waals surface area contributed by atoms with Gasteiger partial charge in [-0.05, 0) is 36.1 Å². The number of carbonyl (C=O) groups is 1. The van der Waals surface area contributed by atoms with Crippen molar-refractivity contribution in [3.8, 4) is 10.7 Å². The molecule has 3 rings (SSSR count). The highest BCUT2D eigenvalue weighted by Crippen LogP contribution is 2.28. The minimum Gasteiger partial charge on any atom is -0.339 e. The molecule has 1 N–H and O–H groups in total. The van der Waals surface area contributed by atoms with Crippen LogP contribution in [0, 0.1) is 0 Å². The summed E-state index contributed by atoms with van der Waals surface area (Å²) < 4.78 is 32.1. The van der Waals surface area contributed by atoms with Crippen molar-refractivity contribution >= 4 is 44.6 Å². The highest BCUT2D eigenvalue weighted by Gasteiger charge is 2.25. The normalized spacial score (nSPS) is 11.7. The zero-order valence-corrected chi connectivity index (χ0v) is 19.6. The SMILES string of the molecule is CCN(CC)S(=O)(=O)c1cc(NC(=O)CCCc2nc(-c3cccs3)no2)ccc1Cl. The van der Waals surface area contributed by atoms with Gasteiger partial charge in [0.2, 0.25) is 27.6 Å². The second-order valence-electron chi connectivity index (χ2n) is 6.63. The van der Waals surface area contributed by atoms with E-state index in [0.717, 1.165) is 4.88 Å². The van der Waals surface area contributed by atoms with Crippen molar-refractivity contribution in [1.29, 1.82) is 0 Å². The summed E-state index contributed by atoms with van der Waals surface area (Å²) in [6, 6.07) is 8.26. The highest BCUT2D eigenvalue weighted by molar-refractivity contribution is 7.89. The Morgan fingerprint density at radius 1 is 1.26 bits per heavy atom. The fourth-order valence-corrected chi connectivity index (χ4v) is 5.57. The number of benzene rings is 1. The number of anilines is 1. The number of nitrogens with one attached hydrogen (secondary N) is 1. The van der Waals surface area contributed by atoms with Gasteiger partial charge in [-0.1, -0.05) is 36.7 Å². The van der Waals surface area contributed by atoms with E-state index in [1.165, 1.54) is 27.8 Å². The largest absolute Gasteiger partial charge is 0.339 e. The molecule has 2 heterocycles.